The van der Waals surface area contributed by atoms with Gasteiger partial charge in [0.05, 0.1) is 0 Å². The highest BCUT2D eigenvalue weighted by molar-refractivity contribution is 5.94. The van der Waals surface area contributed by atoms with Gasteiger partial charge in [0.2, 0.25) is 5.91 Å². The number of nitrogens with one attached hydrogen (secondary N) is 1. The van der Waals surface area contributed by atoms with E-state index < -0.39 is 12.1 Å². The highest BCUT2D eigenvalue weighted by Crippen LogP contribution is 2.13. The van der Waals surface area contributed by atoms with Crippen molar-refractivity contribution in [2.45, 2.75) is 38.8 Å². The van der Waals surface area contributed by atoms with Gasteiger partial charge in [0.25, 0.3) is 5.91 Å². The van der Waals surface area contributed by atoms with Gasteiger partial charge in [-0.05, 0) is 45.0 Å². The number of benzene rings is 1. The van der Waals surface area contributed by atoms with Crippen LogP contribution in [-0.2, 0) is 9.59 Å². The summed E-state index contributed by atoms with van der Waals surface area (Å²) in [5, 5.41) is 10.4. The van der Waals surface area contributed by atoms with Crippen LogP contribution in [0.4, 0.5) is 13.2 Å². The van der Waals surface area contributed by atoms with Crippen LogP contribution in [0.1, 0.15) is 41.6 Å². The molecule has 2 aliphatic rings. The first-order valence-corrected chi connectivity index (χ1v) is 11.9. The average Bonchev–Trinajstić information content (AvgIpc) is 2.84. The molecule has 0 atom stereocenters. The lowest BCUT2D eigenvalue weighted by molar-refractivity contribution is -0.192. The van der Waals surface area contributed by atoms with Crippen molar-refractivity contribution < 1.29 is 32.7 Å². The minimum Gasteiger partial charge on any atom is -0.475 e. The van der Waals surface area contributed by atoms with E-state index in [0.717, 1.165) is 51.4 Å². The van der Waals surface area contributed by atoms with Gasteiger partial charge in [-0.1, -0.05) is 24.1 Å². The van der Waals surface area contributed by atoms with Gasteiger partial charge in [0, 0.05) is 57.8 Å². The highest BCUT2D eigenvalue weighted by atomic mass is 19.4. The predicted octanol–water partition coefficient (Wildman–Crippen LogP) is 2.38. The first-order chi connectivity index (χ1) is 16.6. The van der Waals surface area contributed by atoms with Crippen LogP contribution < -0.4 is 5.32 Å². The van der Waals surface area contributed by atoms with E-state index in [-0.39, 0.29) is 11.8 Å². The number of aliphatic carboxylic acids is 1. The Morgan fingerprint density at radius 2 is 1.66 bits per heavy atom. The smallest absolute Gasteiger partial charge is 0.475 e. The molecular formula is C24H35F3N4O4. The molecule has 0 spiro atoms. The number of piperidine rings is 1. The summed E-state index contributed by atoms with van der Waals surface area (Å²) in [5.74, 6) is -2.57. The summed E-state index contributed by atoms with van der Waals surface area (Å²) in [6.07, 6.45) is -0.889. The molecule has 0 unspecified atom stereocenters. The van der Waals surface area contributed by atoms with Gasteiger partial charge in [-0.25, -0.2) is 4.79 Å². The van der Waals surface area contributed by atoms with E-state index in [1.54, 1.807) is 0 Å². The van der Waals surface area contributed by atoms with Gasteiger partial charge in [0.1, 0.15) is 0 Å². The van der Waals surface area contributed by atoms with Gasteiger partial charge in [-0.3, -0.25) is 9.59 Å². The number of rotatable bonds is 7. The Hall–Kier alpha value is -2.66. The van der Waals surface area contributed by atoms with E-state index in [0.29, 0.717) is 25.1 Å². The highest BCUT2D eigenvalue weighted by Gasteiger charge is 2.38. The molecule has 1 aromatic carbocycles. The Morgan fingerprint density at radius 1 is 1.03 bits per heavy atom. The second-order valence-electron chi connectivity index (χ2n) is 8.75. The fourth-order valence-electron chi connectivity index (χ4n) is 4.02. The molecule has 0 aromatic heterocycles. The number of carbonyl (C=O) groups is 3. The molecule has 2 amide bonds. The summed E-state index contributed by atoms with van der Waals surface area (Å²) in [7, 11) is 0. The molecule has 0 radical (unpaired) electrons. The summed E-state index contributed by atoms with van der Waals surface area (Å²) in [5.41, 5.74) is 1.80. The van der Waals surface area contributed by atoms with Gasteiger partial charge >= 0.3 is 12.1 Å². The number of carboxylic acid groups (broad SMARTS) is 1. The topological polar surface area (TPSA) is 93.2 Å². The second kappa shape index (κ2) is 14.0. The van der Waals surface area contributed by atoms with E-state index >= 15 is 0 Å². The number of nitrogens with zero attached hydrogens (tertiary/aromatic N) is 3. The lowest BCUT2D eigenvalue weighted by Gasteiger charge is -2.31. The predicted molar refractivity (Wildman–Crippen MR) is 125 cm³/mol. The lowest BCUT2D eigenvalue weighted by Crippen LogP contribution is -2.47. The molecule has 2 aliphatic heterocycles. The van der Waals surface area contributed by atoms with Gasteiger partial charge in [-0.2, -0.15) is 13.2 Å². The van der Waals surface area contributed by atoms with E-state index in [2.05, 4.69) is 10.2 Å². The summed E-state index contributed by atoms with van der Waals surface area (Å²) in [6, 6.07) is 7.75. The minimum absolute atomic E-state index is 0.0359. The van der Waals surface area contributed by atoms with Gasteiger partial charge in [-0.15, -0.1) is 0 Å². The zero-order valence-corrected chi connectivity index (χ0v) is 20.1. The number of hydrogen-bond acceptors (Lipinski definition) is 5. The van der Waals surface area contributed by atoms with Crippen molar-refractivity contribution >= 4 is 17.8 Å². The van der Waals surface area contributed by atoms with Crippen molar-refractivity contribution in [1.82, 2.24) is 20.0 Å². The number of piperazine rings is 1. The van der Waals surface area contributed by atoms with E-state index in [1.165, 1.54) is 19.3 Å². The molecule has 0 saturated carbocycles. The van der Waals surface area contributed by atoms with Crippen LogP contribution in [0.5, 0.6) is 0 Å². The number of halogens is 3. The number of likely N-dealkylation sites (tertiary alicyclic amines) is 1. The van der Waals surface area contributed by atoms with Crippen LogP contribution >= 0.6 is 0 Å². The molecule has 35 heavy (non-hydrogen) atoms. The molecular weight excluding hydrogens is 465 g/mol. The molecule has 0 aliphatic carbocycles. The first kappa shape index (κ1) is 28.6. The van der Waals surface area contributed by atoms with Crippen molar-refractivity contribution in [3.8, 4) is 0 Å². The third kappa shape index (κ3) is 10.2. The first-order valence-electron chi connectivity index (χ1n) is 11.9. The zero-order chi connectivity index (χ0) is 25.8. The van der Waals surface area contributed by atoms with Crippen LogP contribution in [0.3, 0.4) is 0 Å². The lowest BCUT2D eigenvalue weighted by atomic mass is 10.1. The van der Waals surface area contributed by atoms with E-state index in [9.17, 15) is 22.8 Å². The number of alkyl halides is 3. The summed E-state index contributed by atoms with van der Waals surface area (Å²) < 4.78 is 31.7. The van der Waals surface area contributed by atoms with Gasteiger partial charge in [0.15, 0.2) is 0 Å². The Labute approximate surface area is 204 Å². The van der Waals surface area contributed by atoms with Crippen LogP contribution in [0.2, 0.25) is 0 Å². The Bertz CT molecular complexity index is 838. The van der Waals surface area contributed by atoms with Crippen LogP contribution in [-0.4, -0.2) is 103 Å². The Balaban J connectivity index is 0.000000540. The quantitative estimate of drug-likeness (QED) is 0.597. The number of carbonyl (C=O) groups excluding carboxylic acids is 2. The van der Waals surface area contributed by atoms with Crippen molar-refractivity contribution in [2.24, 2.45) is 0 Å². The number of carboxylic acids is 1. The standard InChI is InChI=1S/C22H34N4O2.C2HF3O2/c1-19-6-5-7-20(18-19)22(28)26(17-16-24-11-3-2-4-12-24)13-8-21(27)25-14-9-23-10-15-25;3-2(4,5)1(6)7/h5-7,18,23H,2-4,8-17H2,1H3;(H,6,7). The van der Waals surface area contributed by atoms with Crippen molar-refractivity contribution in [1.29, 1.82) is 0 Å². The van der Waals surface area contributed by atoms with Crippen molar-refractivity contribution in [3.63, 3.8) is 0 Å². The molecule has 1 aromatic rings. The molecule has 3 rings (SSSR count). The summed E-state index contributed by atoms with van der Waals surface area (Å²) in [6.45, 7) is 9.53. The van der Waals surface area contributed by atoms with Crippen LogP contribution in [0.25, 0.3) is 0 Å². The fourth-order valence-corrected chi connectivity index (χ4v) is 4.02. The molecule has 8 nitrogen and oxygen atoms in total. The maximum absolute atomic E-state index is 13.1. The van der Waals surface area contributed by atoms with Crippen LogP contribution in [0.15, 0.2) is 24.3 Å². The largest absolute Gasteiger partial charge is 0.490 e. The van der Waals surface area contributed by atoms with Gasteiger partial charge < -0.3 is 25.1 Å². The Kier molecular flexibility index (Phi) is 11.5. The molecule has 2 saturated heterocycles. The molecule has 2 fully saturated rings. The summed E-state index contributed by atoms with van der Waals surface area (Å²) >= 11 is 0. The third-order valence-corrected chi connectivity index (χ3v) is 5.99. The normalized spacial score (nSPS) is 16.7. The van der Waals surface area contributed by atoms with E-state index in [1.807, 2.05) is 41.0 Å². The fraction of sp³-hybridized carbons (Fsp3) is 0.625. The van der Waals surface area contributed by atoms with Crippen molar-refractivity contribution in [2.75, 3.05) is 58.9 Å². The third-order valence-electron chi connectivity index (χ3n) is 5.99. The van der Waals surface area contributed by atoms with E-state index in [4.69, 9.17) is 9.90 Å². The second-order valence-corrected chi connectivity index (χ2v) is 8.75. The maximum atomic E-state index is 13.1. The van der Waals surface area contributed by atoms with Crippen molar-refractivity contribution in [3.05, 3.63) is 35.4 Å². The molecule has 2 heterocycles. The Morgan fingerprint density at radius 3 is 2.23 bits per heavy atom. The maximum Gasteiger partial charge on any atom is 0.490 e. The number of amides is 2. The molecule has 0 bridgehead atoms. The average molecular weight is 501 g/mol. The van der Waals surface area contributed by atoms with Crippen LogP contribution in [0, 0.1) is 6.92 Å². The minimum atomic E-state index is -5.08. The molecule has 11 heteroatoms. The molecule has 2 N–H and O–H groups in total. The number of hydrogen-bond donors (Lipinski definition) is 2. The zero-order valence-electron chi connectivity index (χ0n) is 20.1. The summed E-state index contributed by atoms with van der Waals surface area (Å²) in [4.78, 5) is 40.8. The molecule has 196 valence electrons. The SMILES string of the molecule is Cc1cccc(C(=O)N(CCC(=O)N2CCNCC2)CCN2CCCCC2)c1.O=C(O)C(F)(F)F. The number of aryl methyl sites for hydroxylation is 1. The monoisotopic (exact) mass is 500 g/mol.